The molecule has 0 bridgehead atoms. The fourth-order valence-electron chi connectivity index (χ4n) is 5.57. The van der Waals surface area contributed by atoms with Gasteiger partial charge in [0.2, 0.25) is 5.91 Å². The number of hydrogen-bond acceptors (Lipinski definition) is 5. The van der Waals surface area contributed by atoms with Crippen LogP contribution in [0.2, 0.25) is 0 Å². The van der Waals surface area contributed by atoms with Gasteiger partial charge in [-0.1, -0.05) is 26.8 Å². The minimum Gasteiger partial charge on any atom is -0.490 e. The summed E-state index contributed by atoms with van der Waals surface area (Å²) in [5, 5.41) is 22.9. The number of benzene rings is 1. The number of hydrogen-bond donors (Lipinski definition) is 2. The average Bonchev–Trinajstić information content (AvgIpc) is 2.84. The Morgan fingerprint density at radius 2 is 1.64 bits per heavy atom. The molecular weight excluding hydrogens is 416 g/mol. The highest BCUT2D eigenvalue weighted by Crippen LogP contribution is 2.41. The summed E-state index contributed by atoms with van der Waals surface area (Å²) < 4.78 is 6.03. The van der Waals surface area contributed by atoms with E-state index < -0.39 is 11.2 Å². The second-order valence-electron chi connectivity index (χ2n) is 11.9. The molecule has 0 radical (unpaired) electrons. The molecule has 2 N–H and O–H groups in total. The molecule has 1 heterocycles. The Kier molecular flexibility index (Phi) is 7.82. The summed E-state index contributed by atoms with van der Waals surface area (Å²) in [5.74, 6) is 1.30. The zero-order valence-corrected chi connectivity index (χ0v) is 21.5. The van der Waals surface area contributed by atoms with Crippen molar-refractivity contribution >= 4 is 5.91 Å². The lowest BCUT2D eigenvalue weighted by molar-refractivity contribution is -0.132. The quantitative estimate of drug-likeness (QED) is 0.703. The number of amides is 1. The van der Waals surface area contributed by atoms with Gasteiger partial charge in [-0.25, -0.2) is 0 Å². The molecule has 1 aliphatic carbocycles. The fraction of sp³-hybridized carbons (Fsp3) is 0.741. The number of rotatable bonds is 5. The third-order valence-corrected chi connectivity index (χ3v) is 7.50. The Morgan fingerprint density at radius 3 is 2.18 bits per heavy atom. The van der Waals surface area contributed by atoms with Crippen LogP contribution < -0.4 is 4.74 Å². The van der Waals surface area contributed by atoms with Gasteiger partial charge in [-0.05, 0) is 74.1 Å². The fourth-order valence-corrected chi connectivity index (χ4v) is 5.57. The SMILES string of the molecule is CC(=O)N1CCN(CC2(O)CCC(C(C)(C)C)CC2)C[C@](O)(COc2cc(C)cc(C)c2)C1. The summed E-state index contributed by atoms with van der Waals surface area (Å²) in [6, 6.07) is 6.01. The molecule has 186 valence electrons. The van der Waals surface area contributed by atoms with Crippen LogP contribution in [0.5, 0.6) is 5.75 Å². The molecule has 1 aromatic carbocycles. The smallest absolute Gasteiger partial charge is 0.219 e. The number of carbonyl (C=O) groups excluding carboxylic acids is 1. The van der Waals surface area contributed by atoms with E-state index in [0.29, 0.717) is 32.1 Å². The lowest BCUT2D eigenvalue weighted by atomic mass is 9.68. The molecule has 6 nitrogen and oxygen atoms in total. The van der Waals surface area contributed by atoms with E-state index in [-0.39, 0.29) is 24.5 Å². The van der Waals surface area contributed by atoms with Crippen LogP contribution in [0.4, 0.5) is 0 Å². The number of nitrogens with zero attached hydrogens (tertiary/aromatic N) is 2. The highest BCUT2D eigenvalue weighted by molar-refractivity contribution is 5.73. The van der Waals surface area contributed by atoms with Crippen LogP contribution in [-0.4, -0.2) is 76.5 Å². The molecule has 1 aliphatic heterocycles. The predicted octanol–water partition coefficient (Wildman–Crippen LogP) is 3.54. The zero-order chi connectivity index (χ0) is 24.4. The van der Waals surface area contributed by atoms with E-state index in [1.165, 1.54) is 0 Å². The Bertz CT molecular complexity index is 806. The number of carbonyl (C=O) groups is 1. The Labute approximate surface area is 199 Å². The topological polar surface area (TPSA) is 73.2 Å². The monoisotopic (exact) mass is 460 g/mol. The van der Waals surface area contributed by atoms with E-state index in [1.54, 1.807) is 11.8 Å². The third kappa shape index (κ3) is 7.17. The van der Waals surface area contributed by atoms with Crippen molar-refractivity contribution < 1.29 is 19.7 Å². The van der Waals surface area contributed by atoms with E-state index in [9.17, 15) is 15.0 Å². The first kappa shape index (κ1) is 26.0. The molecule has 33 heavy (non-hydrogen) atoms. The molecule has 0 aromatic heterocycles. The molecule has 6 heteroatoms. The van der Waals surface area contributed by atoms with Gasteiger partial charge in [-0.2, -0.15) is 0 Å². The minimum atomic E-state index is -1.21. The number of aryl methyl sites for hydroxylation is 2. The molecule has 0 unspecified atom stereocenters. The molecule has 1 saturated heterocycles. The van der Waals surface area contributed by atoms with Crippen LogP contribution in [0, 0.1) is 25.2 Å². The normalized spacial score (nSPS) is 29.6. The second-order valence-corrected chi connectivity index (χ2v) is 11.9. The van der Waals surface area contributed by atoms with Gasteiger partial charge in [0.15, 0.2) is 0 Å². The van der Waals surface area contributed by atoms with Crippen molar-refractivity contribution in [1.29, 1.82) is 0 Å². The van der Waals surface area contributed by atoms with Crippen LogP contribution in [0.3, 0.4) is 0 Å². The van der Waals surface area contributed by atoms with Crippen molar-refractivity contribution in [3.05, 3.63) is 29.3 Å². The maximum absolute atomic E-state index is 12.2. The highest BCUT2D eigenvalue weighted by atomic mass is 16.5. The van der Waals surface area contributed by atoms with E-state index in [1.807, 2.05) is 26.0 Å². The molecule has 1 amide bonds. The third-order valence-electron chi connectivity index (χ3n) is 7.50. The summed E-state index contributed by atoms with van der Waals surface area (Å²) in [5.41, 5.74) is 0.523. The van der Waals surface area contributed by atoms with Gasteiger partial charge in [0.1, 0.15) is 18.0 Å². The van der Waals surface area contributed by atoms with Gasteiger partial charge in [-0.15, -0.1) is 0 Å². The minimum absolute atomic E-state index is 0.0499. The van der Waals surface area contributed by atoms with Crippen molar-refractivity contribution in [2.24, 2.45) is 11.3 Å². The van der Waals surface area contributed by atoms with Crippen LogP contribution in [0.25, 0.3) is 0 Å². The highest BCUT2D eigenvalue weighted by Gasteiger charge is 2.42. The van der Waals surface area contributed by atoms with Crippen LogP contribution in [0.1, 0.15) is 64.5 Å². The van der Waals surface area contributed by atoms with Crippen molar-refractivity contribution in [3.63, 3.8) is 0 Å². The average molecular weight is 461 g/mol. The van der Waals surface area contributed by atoms with Gasteiger partial charge in [0, 0.05) is 33.1 Å². The predicted molar refractivity (Wildman–Crippen MR) is 131 cm³/mol. The molecule has 2 fully saturated rings. The van der Waals surface area contributed by atoms with Crippen LogP contribution in [0.15, 0.2) is 18.2 Å². The van der Waals surface area contributed by atoms with E-state index in [4.69, 9.17) is 4.74 Å². The summed E-state index contributed by atoms with van der Waals surface area (Å²) >= 11 is 0. The molecule has 1 aromatic rings. The zero-order valence-electron chi connectivity index (χ0n) is 21.5. The van der Waals surface area contributed by atoms with Crippen molar-refractivity contribution in [2.75, 3.05) is 39.3 Å². The Balaban J connectivity index is 1.69. The van der Waals surface area contributed by atoms with E-state index in [0.717, 1.165) is 42.6 Å². The summed E-state index contributed by atoms with van der Waals surface area (Å²) in [7, 11) is 0. The van der Waals surface area contributed by atoms with Gasteiger partial charge >= 0.3 is 0 Å². The largest absolute Gasteiger partial charge is 0.490 e. The maximum Gasteiger partial charge on any atom is 0.219 e. The van der Waals surface area contributed by atoms with Gasteiger partial charge in [0.05, 0.1) is 12.1 Å². The van der Waals surface area contributed by atoms with Crippen molar-refractivity contribution in [1.82, 2.24) is 9.80 Å². The first-order valence-corrected chi connectivity index (χ1v) is 12.4. The van der Waals surface area contributed by atoms with Gasteiger partial charge in [0.25, 0.3) is 0 Å². The number of β-amino-alcohol motifs (C(OH)–C–C–N with tert-alkyl or cyclic N) is 2. The van der Waals surface area contributed by atoms with Crippen LogP contribution >= 0.6 is 0 Å². The first-order chi connectivity index (χ1) is 15.3. The molecule has 2 aliphatic rings. The first-order valence-electron chi connectivity index (χ1n) is 12.4. The summed E-state index contributed by atoms with van der Waals surface area (Å²) in [6.07, 6.45) is 3.60. The Morgan fingerprint density at radius 1 is 1.03 bits per heavy atom. The van der Waals surface area contributed by atoms with E-state index in [2.05, 4.69) is 31.7 Å². The van der Waals surface area contributed by atoms with Gasteiger partial charge in [-0.3, -0.25) is 9.69 Å². The van der Waals surface area contributed by atoms with Crippen molar-refractivity contribution in [3.8, 4) is 5.75 Å². The molecular formula is C27H44N2O4. The molecule has 1 saturated carbocycles. The maximum atomic E-state index is 12.2. The van der Waals surface area contributed by atoms with E-state index >= 15 is 0 Å². The summed E-state index contributed by atoms with van der Waals surface area (Å²) in [6.45, 7) is 14.8. The van der Waals surface area contributed by atoms with Gasteiger partial charge < -0.3 is 19.8 Å². The van der Waals surface area contributed by atoms with Crippen LogP contribution in [-0.2, 0) is 4.79 Å². The molecule has 1 atom stereocenters. The lowest BCUT2D eigenvalue weighted by Gasteiger charge is -2.43. The molecule has 0 spiro atoms. The lowest BCUT2D eigenvalue weighted by Crippen LogP contribution is -2.54. The second kappa shape index (κ2) is 9.93. The number of ether oxygens (including phenoxy) is 1. The molecule has 3 rings (SSSR count). The Hall–Kier alpha value is -1.63. The van der Waals surface area contributed by atoms with Crippen molar-refractivity contribution in [2.45, 2.75) is 78.4 Å². The summed E-state index contributed by atoms with van der Waals surface area (Å²) in [4.78, 5) is 16.0. The number of aliphatic hydroxyl groups is 2. The standard InChI is InChI=1S/C27H44N2O4/c1-20-13-21(2)15-24(14-20)33-19-27(32)17-28(11-12-29(18-27)22(3)30)16-26(31)9-7-23(8-10-26)25(4,5)6/h13-15,23,31-32H,7-12,16-19H2,1-6H3/t23?,26?,27-/m1/s1.